The van der Waals surface area contributed by atoms with Crippen LogP contribution in [0.25, 0.3) is 0 Å². The normalized spacial score (nSPS) is 14.8. The van der Waals surface area contributed by atoms with Gasteiger partial charge in [-0.1, -0.05) is 0 Å². The molecule has 0 aromatic heterocycles. The van der Waals surface area contributed by atoms with E-state index < -0.39 is 21.7 Å². The van der Waals surface area contributed by atoms with Crippen LogP contribution in [-0.4, -0.2) is 26.4 Å². The van der Waals surface area contributed by atoms with Crippen LogP contribution in [-0.2, 0) is 10.0 Å². The predicted molar refractivity (Wildman–Crippen MR) is 38.1 cm³/mol. The number of alkyl halides is 3. The molecular weight excluding hydrogens is 195 g/mol. The lowest BCUT2D eigenvalue weighted by Crippen LogP contribution is -2.53. The lowest BCUT2D eigenvalue weighted by atomic mass is 10.1. The Balaban J connectivity index is 4.67. The maximum atomic E-state index is 12.0. The van der Waals surface area contributed by atoms with Crippen LogP contribution in [0.3, 0.4) is 0 Å². The second-order valence-electron chi connectivity index (χ2n) is 3.00. The SMILES string of the molecule is CC(C)(NS(C)(=O)=O)C(F)(F)F. The second-order valence-corrected chi connectivity index (χ2v) is 4.75. The van der Waals surface area contributed by atoms with E-state index in [9.17, 15) is 21.6 Å². The molecule has 0 aliphatic heterocycles. The zero-order chi connectivity index (χ0) is 10.2. The Morgan fingerprint density at radius 3 is 1.58 bits per heavy atom. The number of nitrogens with one attached hydrogen (secondary N) is 1. The summed E-state index contributed by atoms with van der Waals surface area (Å²) >= 11 is 0. The highest BCUT2D eigenvalue weighted by atomic mass is 32.2. The molecule has 0 fully saturated rings. The first kappa shape index (κ1) is 11.7. The fourth-order valence-corrected chi connectivity index (χ4v) is 1.56. The summed E-state index contributed by atoms with van der Waals surface area (Å²) in [5, 5.41) is 0. The van der Waals surface area contributed by atoms with Crippen molar-refractivity contribution in [2.24, 2.45) is 0 Å². The molecule has 7 heteroatoms. The van der Waals surface area contributed by atoms with E-state index in [0.717, 1.165) is 13.8 Å². The van der Waals surface area contributed by atoms with Crippen molar-refractivity contribution in [1.82, 2.24) is 4.72 Å². The Morgan fingerprint density at radius 1 is 1.17 bits per heavy atom. The van der Waals surface area contributed by atoms with Gasteiger partial charge in [-0.15, -0.1) is 0 Å². The number of rotatable bonds is 2. The van der Waals surface area contributed by atoms with Gasteiger partial charge in [-0.2, -0.15) is 13.2 Å². The Bertz CT molecular complexity index is 254. The minimum Gasteiger partial charge on any atom is -0.213 e. The number of hydrogen-bond donors (Lipinski definition) is 1. The van der Waals surface area contributed by atoms with Gasteiger partial charge in [0.1, 0.15) is 5.54 Å². The number of sulfonamides is 1. The van der Waals surface area contributed by atoms with Crippen LogP contribution >= 0.6 is 0 Å². The summed E-state index contributed by atoms with van der Waals surface area (Å²) < 4.78 is 58.6. The molecular formula is C5H10F3NO2S. The lowest BCUT2D eigenvalue weighted by Gasteiger charge is -2.27. The zero-order valence-corrected chi connectivity index (χ0v) is 7.68. The van der Waals surface area contributed by atoms with Crippen LogP contribution in [0, 0.1) is 0 Å². The minimum atomic E-state index is -4.59. The van der Waals surface area contributed by atoms with E-state index >= 15 is 0 Å². The van der Waals surface area contributed by atoms with Gasteiger partial charge in [0, 0.05) is 0 Å². The summed E-state index contributed by atoms with van der Waals surface area (Å²) in [5.41, 5.74) is -2.42. The summed E-state index contributed by atoms with van der Waals surface area (Å²) in [6, 6.07) is 0. The molecule has 74 valence electrons. The first-order valence-corrected chi connectivity index (χ1v) is 4.90. The standard InChI is InChI=1S/C5H10F3NO2S/c1-4(2,5(6,7)8)9-12(3,10)11/h9H,1-3H3. The fraction of sp³-hybridized carbons (Fsp3) is 1.00. The monoisotopic (exact) mass is 205 g/mol. The van der Waals surface area contributed by atoms with E-state index in [4.69, 9.17) is 0 Å². The molecule has 0 aromatic rings. The zero-order valence-electron chi connectivity index (χ0n) is 6.86. The van der Waals surface area contributed by atoms with Crippen LogP contribution in [0.2, 0.25) is 0 Å². The molecule has 3 nitrogen and oxygen atoms in total. The van der Waals surface area contributed by atoms with Crippen molar-refractivity contribution in [1.29, 1.82) is 0 Å². The highest BCUT2D eigenvalue weighted by Crippen LogP contribution is 2.29. The van der Waals surface area contributed by atoms with Crippen LogP contribution in [0.4, 0.5) is 13.2 Å². The maximum absolute atomic E-state index is 12.0. The van der Waals surface area contributed by atoms with Crippen LogP contribution in [0.5, 0.6) is 0 Å². The van der Waals surface area contributed by atoms with Crippen LogP contribution in [0.15, 0.2) is 0 Å². The van der Waals surface area contributed by atoms with Crippen molar-refractivity contribution in [3.63, 3.8) is 0 Å². The molecule has 0 rings (SSSR count). The Labute approximate surface area is 69.0 Å². The van der Waals surface area contributed by atoms with Crippen molar-refractivity contribution in [3.05, 3.63) is 0 Å². The third kappa shape index (κ3) is 3.40. The molecule has 0 atom stereocenters. The quantitative estimate of drug-likeness (QED) is 0.727. The molecule has 0 aromatic carbocycles. The summed E-state index contributed by atoms with van der Waals surface area (Å²) in [6.07, 6.45) is -3.91. The van der Waals surface area contributed by atoms with Gasteiger partial charge in [-0.25, -0.2) is 13.1 Å². The Hall–Kier alpha value is -0.300. The molecule has 0 saturated carbocycles. The van der Waals surface area contributed by atoms with E-state index in [-0.39, 0.29) is 0 Å². The lowest BCUT2D eigenvalue weighted by molar-refractivity contribution is -0.180. The van der Waals surface area contributed by atoms with Crippen LogP contribution < -0.4 is 4.72 Å². The summed E-state index contributed by atoms with van der Waals surface area (Å²) in [5.74, 6) is 0. The van der Waals surface area contributed by atoms with Gasteiger partial charge in [0.05, 0.1) is 6.26 Å². The molecule has 0 heterocycles. The predicted octanol–water partition coefficient (Wildman–Crippen LogP) is 0.877. The highest BCUT2D eigenvalue weighted by molar-refractivity contribution is 7.88. The molecule has 0 bridgehead atoms. The third-order valence-electron chi connectivity index (χ3n) is 1.15. The van der Waals surface area contributed by atoms with E-state index in [2.05, 4.69) is 0 Å². The van der Waals surface area contributed by atoms with Crippen molar-refractivity contribution < 1.29 is 21.6 Å². The summed E-state index contributed by atoms with van der Waals surface area (Å²) in [4.78, 5) is 0. The highest BCUT2D eigenvalue weighted by Gasteiger charge is 2.48. The largest absolute Gasteiger partial charge is 0.407 e. The third-order valence-corrected chi connectivity index (χ3v) is 2.03. The molecule has 0 radical (unpaired) electrons. The van der Waals surface area contributed by atoms with Crippen molar-refractivity contribution in [2.75, 3.05) is 6.26 Å². The first-order chi connectivity index (χ1) is 4.96. The van der Waals surface area contributed by atoms with Gasteiger partial charge < -0.3 is 0 Å². The summed E-state index contributed by atoms with van der Waals surface area (Å²) in [6.45, 7) is 1.52. The molecule has 0 spiro atoms. The average molecular weight is 205 g/mol. The van der Waals surface area contributed by atoms with E-state index in [1.54, 1.807) is 0 Å². The molecule has 0 amide bonds. The van der Waals surface area contributed by atoms with Crippen molar-refractivity contribution in [3.8, 4) is 0 Å². The van der Waals surface area contributed by atoms with Gasteiger partial charge >= 0.3 is 6.18 Å². The second kappa shape index (κ2) is 2.88. The molecule has 0 unspecified atom stereocenters. The minimum absolute atomic E-state index is 0.681. The van der Waals surface area contributed by atoms with Crippen LogP contribution in [0.1, 0.15) is 13.8 Å². The van der Waals surface area contributed by atoms with Crippen molar-refractivity contribution >= 4 is 10.0 Å². The number of hydrogen-bond acceptors (Lipinski definition) is 2. The molecule has 0 aliphatic rings. The fourth-order valence-electron chi connectivity index (χ4n) is 0.521. The topological polar surface area (TPSA) is 46.2 Å². The van der Waals surface area contributed by atoms with E-state index in [0.29, 0.717) is 6.26 Å². The molecule has 0 saturated heterocycles. The Kier molecular flexibility index (Phi) is 2.81. The Morgan fingerprint density at radius 2 is 1.50 bits per heavy atom. The summed E-state index contributed by atoms with van der Waals surface area (Å²) in [7, 11) is -3.83. The van der Waals surface area contributed by atoms with Gasteiger partial charge in [0.15, 0.2) is 0 Å². The average Bonchev–Trinajstić information content (AvgIpc) is 1.52. The maximum Gasteiger partial charge on any atom is 0.407 e. The van der Waals surface area contributed by atoms with Gasteiger partial charge in [-0.05, 0) is 13.8 Å². The van der Waals surface area contributed by atoms with Crippen molar-refractivity contribution in [2.45, 2.75) is 25.6 Å². The smallest absolute Gasteiger partial charge is 0.213 e. The van der Waals surface area contributed by atoms with E-state index in [1.165, 1.54) is 4.72 Å². The van der Waals surface area contributed by atoms with Gasteiger partial charge in [0.2, 0.25) is 10.0 Å². The number of halogens is 3. The molecule has 12 heavy (non-hydrogen) atoms. The molecule has 0 aliphatic carbocycles. The van der Waals surface area contributed by atoms with E-state index in [1.807, 2.05) is 0 Å². The molecule has 1 N–H and O–H groups in total. The van der Waals surface area contributed by atoms with Gasteiger partial charge in [0.25, 0.3) is 0 Å². The van der Waals surface area contributed by atoms with Gasteiger partial charge in [-0.3, -0.25) is 0 Å². The first-order valence-electron chi connectivity index (χ1n) is 3.01.